The number of hydrogen-bond acceptors (Lipinski definition) is 4. The van der Waals surface area contributed by atoms with E-state index in [1.807, 2.05) is 0 Å². The molecule has 1 N–H and O–H groups in total. The van der Waals surface area contributed by atoms with Crippen LogP contribution in [0.25, 0.3) is 0 Å². The van der Waals surface area contributed by atoms with Crippen molar-refractivity contribution in [3.63, 3.8) is 0 Å². The zero-order valence-electron chi connectivity index (χ0n) is 9.81. The Balaban J connectivity index is 2.15. The summed E-state index contributed by atoms with van der Waals surface area (Å²) >= 11 is 0. The maximum absolute atomic E-state index is 11.4. The van der Waals surface area contributed by atoms with Crippen LogP contribution in [0.2, 0.25) is 0 Å². The maximum atomic E-state index is 11.4. The van der Waals surface area contributed by atoms with Crippen molar-refractivity contribution < 1.29 is 24.2 Å². The number of Topliss-reactive ketones (excluding diaryl/α,β-unsaturated/α-hetero) is 1. The molecule has 5 nitrogen and oxygen atoms in total. The van der Waals surface area contributed by atoms with Crippen molar-refractivity contribution in [1.29, 1.82) is 0 Å². The number of esters is 1. The Kier molecular flexibility index (Phi) is 5.66. The molecule has 1 aliphatic carbocycles. The molecule has 0 saturated heterocycles. The number of aliphatic carboxylic acids is 1. The largest absolute Gasteiger partial charge is 0.481 e. The van der Waals surface area contributed by atoms with Gasteiger partial charge in [0.25, 0.3) is 0 Å². The van der Waals surface area contributed by atoms with E-state index >= 15 is 0 Å². The molecule has 0 aromatic carbocycles. The minimum absolute atomic E-state index is 0.00939. The van der Waals surface area contributed by atoms with Gasteiger partial charge in [-0.2, -0.15) is 0 Å². The molecule has 1 aliphatic rings. The average Bonchev–Trinajstić information content (AvgIpc) is 2.27. The number of carboxylic acid groups (broad SMARTS) is 1. The molecule has 1 saturated carbocycles. The summed E-state index contributed by atoms with van der Waals surface area (Å²) in [5.74, 6) is -1.24. The van der Waals surface area contributed by atoms with Crippen molar-refractivity contribution in [2.24, 2.45) is 0 Å². The quantitative estimate of drug-likeness (QED) is 0.566. The summed E-state index contributed by atoms with van der Waals surface area (Å²) in [6.07, 6.45) is 3.57. The Morgan fingerprint density at radius 1 is 1.24 bits per heavy atom. The molecule has 0 aromatic heterocycles. The second-order valence-corrected chi connectivity index (χ2v) is 4.29. The van der Waals surface area contributed by atoms with Gasteiger partial charge in [-0.3, -0.25) is 14.4 Å². The summed E-state index contributed by atoms with van der Waals surface area (Å²) < 4.78 is 5.07. The lowest BCUT2D eigenvalue weighted by Crippen LogP contribution is -2.30. The number of carboxylic acids is 1. The first-order valence-electron chi connectivity index (χ1n) is 6.03. The van der Waals surface area contributed by atoms with E-state index in [0.717, 1.165) is 12.8 Å². The first-order valence-corrected chi connectivity index (χ1v) is 6.03. The van der Waals surface area contributed by atoms with Crippen LogP contribution in [0.4, 0.5) is 0 Å². The van der Waals surface area contributed by atoms with Gasteiger partial charge in [0, 0.05) is 19.3 Å². The fraction of sp³-hybridized carbons (Fsp3) is 0.750. The average molecular weight is 242 g/mol. The number of ketones is 1. The lowest BCUT2D eigenvalue weighted by Gasteiger charge is -2.20. The highest BCUT2D eigenvalue weighted by atomic mass is 16.5. The van der Waals surface area contributed by atoms with Crippen LogP contribution in [0.1, 0.15) is 51.4 Å². The van der Waals surface area contributed by atoms with Gasteiger partial charge in [0.05, 0.1) is 0 Å². The van der Waals surface area contributed by atoms with E-state index in [1.165, 1.54) is 0 Å². The summed E-state index contributed by atoms with van der Waals surface area (Å²) in [6, 6.07) is 0. The maximum Gasteiger partial charge on any atom is 0.306 e. The molecule has 0 radical (unpaired) electrons. The second kappa shape index (κ2) is 7.04. The van der Waals surface area contributed by atoms with E-state index < -0.39 is 18.0 Å². The van der Waals surface area contributed by atoms with Gasteiger partial charge in [0.15, 0.2) is 11.9 Å². The summed E-state index contributed by atoms with van der Waals surface area (Å²) in [5, 5.41) is 8.41. The van der Waals surface area contributed by atoms with Crippen molar-refractivity contribution >= 4 is 17.7 Å². The molecular weight excluding hydrogens is 224 g/mol. The first-order chi connectivity index (χ1) is 8.09. The number of ether oxygens (including phenoxy) is 1. The van der Waals surface area contributed by atoms with Crippen LogP contribution in [0, 0.1) is 0 Å². The fourth-order valence-corrected chi connectivity index (χ4v) is 1.84. The highest BCUT2D eigenvalue weighted by Crippen LogP contribution is 2.18. The van der Waals surface area contributed by atoms with Gasteiger partial charge in [-0.05, 0) is 32.1 Å². The molecule has 0 spiro atoms. The molecule has 0 aromatic rings. The topological polar surface area (TPSA) is 80.7 Å². The molecule has 96 valence electrons. The van der Waals surface area contributed by atoms with Gasteiger partial charge in [-0.15, -0.1) is 0 Å². The van der Waals surface area contributed by atoms with Gasteiger partial charge < -0.3 is 9.84 Å². The summed E-state index contributed by atoms with van der Waals surface area (Å²) in [5.41, 5.74) is 0. The van der Waals surface area contributed by atoms with E-state index in [1.54, 1.807) is 0 Å². The van der Waals surface area contributed by atoms with Crippen LogP contribution >= 0.6 is 0 Å². The number of rotatable bonds is 6. The monoisotopic (exact) mass is 242 g/mol. The SMILES string of the molecule is O=C(O)CCCCC(=O)OC1CCCCC1=O. The summed E-state index contributed by atoms with van der Waals surface area (Å²) in [7, 11) is 0. The molecule has 0 bridgehead atoms. The van der Waals surface area contributed by atoms with Crippen LogP contribution < -0.4 is 0 Å². The number of carbonyl (C=O) groups is 3. The van der Waals surface area contributed by atoms with Crippen molar-refractivity contribution in [3.8, 4) is 0 Å². The molecule has 0 amide bonds. The molecule has 1 rings (SSSR count). The van der Waals surface area contributed by atoms with Gasteiger partial charge >= 0.3 is 11.9 Å². The Bertz CT molecular complexity index is 297. The van der Waals surface area contributed by atoms with Gasteiger partial charge in [0.2, 0.25) is 0 Å². The van der Waals surface area contributed by atoms with Crippen molar-refractivity contribution in [2.75, 3.05) is 0 Å². The van der Waals surface area contributed by atoms with Crippen LogP contribution in [-0.4, -0.2) is 28.9 Å². The molecule has 0 aliphatic heterocycles. The lowest BCUT2D eigenvalue weighted by atomic mass is 9.96. The first kappa shape index (κ1) is 13.7. The van der Waals surface area contributed by atoms with E-state index in [0.29, 0.717) is 25.7 Å². The standard InChI is InChI=1S/C12H18O5/c13-9-5-1-2-6-10(9)17-12(16)8-4-3-7-11(14)15/h10H,1-8H2,(H,14,15). The predicted molar refractivity (Wildman–Crippen MR) is 59.5 cm³/mol. The van der Waals surface area contributed by atoms with Gasteiger partial charge in [-0.25, -0.2) is 0 Å². The molecule has 5 heteroatoms. The molecule has 1 fully saturated rings. The van der Waals surface area contributed by atoms with Crippen molar-refractivity contribution in [3.05, 3.63) is 0 Å². The zero-order chi connectivity index (χ0) is 12.7. The van der Waals surface area contributed by atoms with Crippen LogP contribution in [0.15, 0.2) is 0 Å². The number of carbonyl (C=O) groups excluding carboxylic acids is 2. The zero-order valence-corrected chi connectivity index (χ0v) is 9.81. The van der Waals surface area contributed by atoms with E-state index in [9.17, 15) is 14.4 Å². The smallest absolute Gasteiger partial charge is 0.306 e. The Hall–Kier alpha value is -1.39. The minimum atomic E-state index is -0.860. The Labute approximate surface area is 100 Å². The van der Waals surface area contributed by atoms with Crippen LogP contribution in [0.3, 0.4) is 0 Å². The highest BCUT2D eigenvalue weighted by Gasteiger charge is 2.25. The van der Waals surface area contributed by atoms with Crippen molar-refractivity contribution in [1.82, 2.24) is 0 Å². The minimum Gasteiger partial charge on any atom is -0.481 e. The predicted octanol–water partition coefficient (Wildman–Crippen LogP) is 1.69. The normalized spacial score (nSPS) is 20.0. The van der Waals surface area contributed by atoms with E-state index in [4.69, 9.17) is 9.84 Å². The molecule has 1 unspecified atom stereocenters. The lowest BCUT2D eigenvalue weighted by molar-refractivity contribution is -0.157. The Morgan fingerprint density at radius 3 is 2.59 bits per heavy atom. The Morgan fingerprint density at radius 2 is 1.94 bits per heavy atom. The van der Waals surface area contributed by atoms with E-state index in [-0.39, 0.29) is 18.6 Å². The molecule has 0 heterocycles. The van der Waals surface area contributed by atoms with Gasteiger partial charge in [-0.1, -0.05) is 0 Å². The number of hydrogen-bond donors (Lipinski definition) is 1. The third kappa shape index (κ3) is 5.47. The summed E-state index contributed by atoms with van der Waals surface area (Å²) in [6.45, 7) is 0. The highest BCUT2D eigenvalue weighted by molar-refractivity contribution is 5.86. The van der Waals surface area contributed by atoms with Gasteiger partial charge in [0.1, 0.15) is 0 Å². The third-order valence-electron chi connectivity index (χ3n) is 2.79. The molecule has 17 heavy (non-hydrogen) atoms. The van der Waals surface area contributed by atoms with Crippen molar-refractivity contribution in [2.45, 2.75) is 57.5 Å². The second-order valence-electron chi connectivity index (χ2n) is 4.29. The molecular formula is C12H18O5. The fourth-order valence-electron chi connectivity index (χ4n) is 1.84. The van der Waals surface area contributed by atoms with Crippen LogP contribution in [0.5, 0.6) is 0 Å². The molecule has 1 atom stereocenters. The number of unbranched alkanes of at least 4 members (excludes halogenated alkanes) is 1. The van der Waals surface area contributed by atoms with Crippen LogP contribution in [-0.2, 0) is 19.1 Å². The third-order valence-corrected chi connectivity index (χ3v) is 2.79. The van der Waals surface area contributed by atoms with E-state index in [2.05, 4.69) is 0 Å². The summed E-state index contributed by atoms with van der Waals surface area (Å²) in [4.78, 5) is 33.0.